The van der Waals surface area contributed by atoms with Crippen LogP contribution >= 0.6 is 23.4 Å². The maximum Gasteiger partial charge on any atom is 0.255 e. The van der Waals surface area contributed by atoms with Gasteiger partial charge in [0, 0.05) is 18.7 Å². The molecule has 1 amide bonds. The Kier molecular flexibility index (Phi) is 7.80. The van der Waals surface area contributed by atoms with Crippen LogP contribution in [0.5, 0.6) is 0 Å². The number of alkyl halides is 2. The Bertz CT molecular complexity index is 745. The third kappa shape index (κ3) is 5.65. The number of carbonyl (C=O) groups excluding carboxylic acids is 1. The number of thioether (sulfide) groups is 1. The van der Waals surface area contributed by atoms with E-state index < -0.39 is 18.9 Å². The smallest absolute Gasteiger partial charge is 0.255 e. The first kappa shape index (κ1) is 20.6. The first-order valence-electron chi connectivity index (χ1n) is 7.76. The van der Waals surface area contributed by atoms with Crippen LogP contribution in [0.15, 0.2) is 29.7 Å². The lowest BCUT2D eigenvalue weighted by Crippen LogP contribution is -2.38. The van der Waals surface area contributed by atoms with Gasteiger partial charge in [0.1, 0.15) is 6.33 Å². The van der Waals surface area contributed by atoms with E-state index in [1.807, 2.05) is 19.1 Å². The molecule has 10 heteroatoms. The van der Waals surface area contributed by atoms with Gasteiger partial charge in [0.2, 0.25) is 5.91 Å². The van der Waals surface area contributed by atoms with Crippen LogP contribution in [-0.2, 0) is 9.53 Å². The van der Waals surface area contributed by atoms with Gasteiger partial charge in [0.15, 0.2) is 5.16 Å². The number of amides is 1. The van der Waals surface area contributed by atoms with Gasteiger partial charge in [0.05, 0.1) is 24.6 Å². The summed E-state index contributed by atoms with van der Waals surface area (Å²) in [5, 5.41) is 8.92. The number of carbonyl (C=O) groups is 1. The van der Waals surface area contributed by atoms with E-state index in [9.17, 15) is 13.6 Å². The fraction of sp³-hybridized carbons (Fsp3) is 0.438. The predicted molar refractivity (Wildman–Crippen MR) is 96.3 cm³/mol. The standard InChI is InChI=1S/C16H19ClF2N4O2S/c1-11-3-4-12(7-13(11)17)23-10-20-21-16(23)26-9-15(24)22(5-6-25-2)8-14(18)19/h3-4,7,10,14H,5-6,8-9H2,1-2H3. The highest BCUT2D eigenvalue weighted by atomic mass is 35.5. The minimum Gasteiger partial charge on any atom is -0.383 e. The van der Waals surface area contributed by atoms with E-state index in [-0.39, 0.29) is 18.9 Å². The fourth-order valence-electron chi connectivity index (χ4n) is 2.14. The molecule has 0 aliphatic rings. The molecule has 0 spiro atoms. The van der Waals surface area contributed by atoms with E-state index in [1.165, 1.54) is 13.4 Å². The number of aryl methyl sites for hydroxylation is 1. The Hall–Kier alpha value is -1.71. The van der Waals surface area contributed by atoms with Crippen LogP contribution in [-0.4, -0.2) is 64.6 Å². The van der Waals surface area contributed by atoms with Gasteiger partial charge >= 0.3 is 0 Å². The number of rotatable bonds is 9. The summed E-state index contributed by atoms with van der Waals surface area (Å²) in [5.41, 5.74) is 1.69. The predicted octanol–water partition coefficient (Wildman–Crippen LogP) is 3.06. The molecule has 26 heavy (non-hydrogen) atoms. The van der Waals surface area contributed by atoms with Crippen molar-refractivity contribution in [3.63, 3.8) is 0 Å². The summed E-state index contributed by atoms with van der Waals surface area (Å²) in [4.78, 5) is 13.4. The van der Waals surface area contributed by atoms with Crippen LogP contribution in [0.2, 0.25) is 5.02 Å². The number of hydrogen-bond acceptors (Lipinski definition) is 5. The maximum atomic E-state index is 12.7. The molecule has 2 rings (SSSR count). The normalized spacial score (nSPS) is 11.2. The van der Waals surface area contributed by atoms with Crippen LogP contribution < -0.4 is 0 Å². The van der Waals surface area contributed by atoms with Crippen molar-refractivity contribution < 1.29 is 18.3 Å². The van der Waals surface area contributed by atoms with Crippen LogP contribution in [0.25, 0.3) is 5.69 Å². The Morgan fingerprint density at radius 2 is 2.23 bits per heavy atom. The molecule has 0 bridgehead atoms. The van der Waals surface area contributed by atoms with Crippen molar-refractivity contribution in [1.82, 2.24) is 19.7 Å². The second-order valence-corrected chi connectivity index (χ2v) is 6.78. The molecule has 6 nitrogen and oxygen atoms in total. The lowest BCUT2D eigenvalue weighted by atomic mass is 10.2. The summed E-state index contributed by atoms with van der Waals surface area (Å²) in [6, 6.07) is 5.50. The molecule has 2 aromatic rings. The van der Waals surface area contributed by atoms with Crippen molar-refractivity contribution in [2.24, 2.45) is 0 Å². The average molecular weight is 405 g/mol. The highest BCUT2D eigenvalue weighted by molar-refractivity contribution is 7.99. The second-order valence-electron chi connectivity index (χ2n) is 5.43. The number of aromatic nitrogens is 3. The van der Waals surface area contributed by atoms with Crippen LogP contribution in [0, 0.1) is 6.92 Å². The summed E-state index contributed by atoms with van der Waals surface area (Å²) in [6.07, 6.45) is -1.09. The van der Waals surface area contributed by atoms with Gasteiger partial charge in [-0.2, -0.15) is 0 Å². The van der Waals surface area contributed by atoms with Crippen LogP contribution in [0.3, 0.4) is 0 Å². The monoisotopic (exact) mass is 404 g/mol. The van der Waals surface area contributed by atoms with Crippen molar-refractivity contribution in [3.05, 3.63) is 35.1 Å². The molecule has 1 heterocycles. The number of hydrogen-bond donors (Lipinski definition) is 0. The highest BCUT2D eigenvalue weighted by Crippen LogP contribution is 2.24. The Balaban J connectivity index is 2.06. The summed E-state index contributed by atoms with van der Waals surface area (Å²) in [7, 11) is 1.45. The minimum atomic E-state index is -2.60. The molecule has 0 aliphatic heterocycles. The van der Waals surface area contributed by atoms with Gasteiger partial charge in [-0.1, -0.05) is 29.4 Å². The molecule has 1 aromatic heterocycles. The summed E-state index contributed by atoms with van der Waals surface area (Å²) >= 11 is 7.27. The Morgan fingerprint density at radius 1 is 1.46 bits per heavy atom. The molecule has 0 fully saturated rings. The molecule has 0 radical (unpaired) electrons. The molecular weight excluding hydrogens is 386 g/mol. The summed E-state index contributed by atoms with van der Waals surface area (Å²) < 4.78 is 31.9. The number of ether oxygens (including phenoxy) is 1. The fourth-order valence-corrected chi connectivity index (χ4v) is 3.14. The molecular formula is C16H19ClF2N4O2S. The van der Waals surface area contributed by atoms with E-state index >= 15 is 0 Å². The van der Waals surface area contributed by atoms with Gasteiger partial charge in [0.25, 0.3) is 6.43 Å². The van der Waals surface area contributed by atoms with Gasteiger partial charge in [-0.05, 0) is 24.6 Å². The van der Waals surface area contributed by atoms with Crippen molar-refractivity contribution in [1.29, 1.82) is 0 Å². The molecule has 0 N–H and O–H groups in total. The van der Waals surface area contributed by atoms with Crippen molar-refractivity contribution in [3.8, 4) is 5.69 Å². The van der Waals surface area contributed by atoms with Crippen LogP contribution in [0.1, 0.15) is 5.56 Å². The summed E-state index contributed by atoms with van der Waals surface area (Å²) in [5.74, 6) is -0.446. The van der Waals surface area contributed by atoms with Crippen molar-refractivity contribution in [2.45, 2.75) is 18.5 Å². The lowest BCUT2D eigenvalue weighted by Gasteiger charge is -2.21. The minimum absolute atomic E-state index is 0.0330. The number of halogens is 3. The third-order valence-electron chi connectivity index (χ3n) is 3.55. The second kappa shape index (κ2) is 9.84. The van der Waals surface area contributed by atoms with Crippen molar-refractivity contribution >= 4 is 29.3 Å². The molecule has 0 saturated carbocycles. The Morgan fingerprint density at radius 3 is 2.88 bits per heavy atom. The van der Waals surface area contributed by atoms with E-state index in [2.05, 4.69) is 10.2 Å². The van der Waals surface area contributed by atoms with Gasteiger partial charge in [-0.25, -0.2) is 8.78 Å². The van der Waals surface area contributed by atoms with Crippen molar-refractivity contribution in [2.75, 3.05) is 32.6 Å². The first-order chi connectivity index (χ1) is 12.4. The zero-order chi connectivity index (χ0) is 19.1. The van der Waals surface area contributed by atoms with E-state index in [0.717, 1.165) is 27.9 Å². The lowest BCUT2D eigenvalue weighted by molar-refractivity contribution is -0.130. The quantitative estimate of drug-likeness (QED) is 0.601. The van der Waals surface area contributed by atoms with Gasteiger partial charge in [-0.15, -0.1) is 10.2 Å². The number of nitrogens with zero attached hydrogens (tertiary/aromatic N) is 4. The SMILES string of the molecule is COCCN(CC(F)F)C(=O)CSc1nncn1-c1ccc(C)c(Cl)c1. The number of benzene rings is 1. The number of methoxy groups -OCH3 is 1. The largest absolute Gasteiger partial charge is 0.383 e. The highest BCUT2D eigenvalue weighted by Gasteiger charge is 2.19. The zero-order valence-electron chi connectivity index (χ0n) is 14.4. The maximum absolute atomic E-state index is 12.7. The molecule has 0 aliphatic carbocycles. The van der Waals surface area contributed by atoms with E-state index in [4.69, 9.17) is 16.3 Å². The third-order valence-corrected chi connectivity index (χ3v) is 4.89. The zero-order valence-corrected chi connectivity index (χ0v) is 15.9. The molecule has 142 valence electrons. The Labute approximate surface area is 159 Å². The van der Waals surface area contributed by atoms with E-state index in [0.29, 0.717) is 10.2 Å². The molecule has 0 atom stereocenters. The topological polar surface area (TPSA) is 60.2 Å². The van der Waals surface area contributed by atoms with Gasteiger partial charge in [-0.3, -0.25) is 9.36 Å². The molecule has 0 unspecified atom stereocenters. The summed E-state index contributed by atoms with van der Waals surface area (Å²) in [6.45, 7) is 1.58. The molecule has 1 aromatic carbocycles. The van der Waals surface area contributed by atoms with Gasteiger partial charge < -0.3 is 9.64 Å². The van der Waals surface area contributed by atoms with Crippen LogP contribution in [0.4, 0.5) is 8.78 Å². The van der Waals surface area contributed by atoms with E-state index in [1.54, 1.807) is 10.6 Å². The average Bonchev–Trinajstić information content (AvgIpc) is 3.07. The first-order valence-corrected chi connectivity index (χ1v) is 9.13. The molecule has 0 saturated heterocycles.